The Kier molecular flexibility index (Phi) is 4.96. The second kappa shape index (κ2) is 6.52. The molecule has 5 heteroatoms. The molecule has 0 saturated heterocycles. The van der Waals surface area contributed by atoms with Gasteiger partial charge in [-0.05, 0) is 30.5 Å². The molecule has 108 valence electrons. The zero-order chi connectivity index (χ0) is 14.6. The van der Waals surface area contributed by atoms with E-state index in [0.29, 0.717) is 4.21 Å². The van der Waals surface area contributed by atoms with Gasteiger partial charge in [0.1, 0.15) is 4.21 Å². The van der Waals surface area contributed by atoms with E-state index in [1.54, 1.807) is 24.4 Å². The highest BCUT2D eigenvalue weighted by Gasteiger charge is 2.32. The molecule has 0 saturated carbocycles. The summed E-state index contributed by atoms with van der Waals surface area (Å²) in [6.45, 7) is 4.49. The lowest BCUT2D eigenvalue weighted by Crippen LogP contribution is -2.35. The summed E-state index contributed by atoms with van der Waals surface area (Å²) in [5.74, 6) is 0. The lowest BCUT2D eigenvalue weighted by molar-refractivity contribution is 0.511. The maximum atomic E-state index is 12.7. The first kappa shape index (κ1) is 15.2. The van der Waals surface area contributed by atoms with Crippen LogP contribution in [0.2, 0.25) is 0 Å². The van der Waals surface area contributed by atoms with Gasteiger partial charge in [0.05, 0.1) is 5.25 Å². The minimum Gasteiger partial charge on any atom is -0.309 e. The van der Waals surface area contributed by atoms with Gasteiger partial charge in [-0.25, -0.2) is 8.42 Å². The first-order valence-corrected chi connectivity index (χ1v) is 9.05. The molecule has 2 rings (SSSR count). The quantitative estimate of drug-likeness (QED) is 0.891. The highest BCUT2D eigenvalue weighted by Crippen LogP contribution is 2.29. The van der Waals surface area contributed by atoms with Gasteiger partial charge >= 0.3 is 0 Å². The largest absolute Gasteiger partial charge is 0.309 e. The molecule has 1 aromatic carbocycles. The standard InChI is InChI=1S/C15H19NO2S2/c1-3-16-15(13-8-5-4-6-9-13)12(2)20(17,18)14-10-7-11-19-14/h4-12,15-16H,3H2,1-2H3. The molecule has 0 fully saturated rings. The summed E-state index contributed by atoms with van der Waals surface area (Å²) in [6, 6.07) is 13.0. The Morgan fingerprint density at radius 2 is 1.85 bits per heavy atom. The number of sulfone groups is 1. The molecule has 0 aliphatic carbocycles. The van der Waals surface area contributed by atoms with Crippen molar-refractivity contribution in [3.8, 4) is 0 Å². The summed E-state index contributed by atoms with van der Waals surface area (Å²) in [5.41, 5.74) is 1.00. The number of hydrogen-bond donors (Lipinski definition) is 1. The third-order valence-electron chi connectivity index (χ3n) is 3.32. The fraction of sp³-hybridized carbons (Fsp3) is 0.333. The number of benzene rings is 1. The molecule has 0 bridgehead atoms. The van der Waals surface area contributed by atoms with Crippen LogP contribution in [-0.2, 0) is 9.84 Å². The maximum absolute atomic E-state index is 12.7. The van der Waals surface area contributed by atoms with E-state index in [0.717, 1.165) is 12.1 Å². The van der Waals surface area contributed by atoms with Crippen LogP contribution < -0.4 is 5.32 Å². The molecule has 3 nitrogen and oxygen atoms in total. The first-order chi connectivity index (χ1) is 9.57. The minimum absolute atomic E-state index is 0.201. The van der Waals surface area contributed by atoms with Crippen molar-refractivity contribution in [2.24, 2.45) is 0 Å². The Labute approximate surface area is 124 Å². The molecule has 0 spiro atoms. The molecular weight excluding hydrogens is 290 g/mol. The summed E-state index contributed by atoms with van der Waals surface area (Å²) in [7, 11) is -3.31. The summed E-state index contributed by atoms with van der Waals surface area (Å²) in [5, 5.41) is 4.58. The number of hydrogen-bond acceptors (Lipinski definition) is 4. The molecule has 2 atom stereocenters. The third kappa shape index (κ3) is 3.11. The number of thiophene rings is 1. The van der Waals surface area contributed by atoms with E-state index in [9.17, 15) is 8.42 Å². The van der Waals surface area contributed by atoms with Gasteiger partial charge in [-0.1, -0.05) is 43.3 Å². The minimum atomic E-state index is -3.31. The zero-order valence-corrected chi connectivity index (χ0v) is 13.2. The molecule has 2 aromatic rings. The second-order valence-corrected chi connectivity index (χ2v) is 8.11. The van der Waals surface area contributed by atoms with Crippen molar-refractivity contribution in [3.63, 3.8) is 0 Å². The van der Waals surface area contributed by atoms with Gasteiger partial charge in [-0.3, -0.25) is 0 Å². The molecule has 0 aliphatic rings. The van der Waals surface area contributed by atoms with Gasteiger partial charge < -0.3 is 5.32 Å². The second-order valence-electron chi connectivity index (χ2n) is 4.63. The number of nitrogens with one attached hydrogen (secondary N) is 1. The summed E-state index contributed by atoms with van der Waals surface area (Å²) < 4.78 is 25.7. The fourth-order valence-corrected chi connectivity index (χ4v) is 5.08. The van der Waals surface area contributed by atoms with Gasteiger partial charge in [0, 0.05) is 6.04 Å². The van der Waals surface area contributed by atoms with Crippen molar-refractivity contribution < 1.29 is 8.42 Å². The monoisotopic (exact) mass is 309 g/mol. The molecule has 2 unspecified atom stereocenters. The Morgan fingerprint density at radius 3 is 2.40 bits per heavy atom. The molecule has 1 N–H and O–H groups in total. The van der Waals surface area contributed by atoms with Crippen molar-refractivity contribution >= 4 is 21.2 Å². The smallest absolute Gasteiger partial charge is 0.192 e. The van der Waals surface area contributed by atoms with Crippen LogP contribution in [-0.4, -0.2) is 20.2 Å². The van der Waals surface area contributed by atoms with Crippen molar-refractivity contribution in [1.82, 2.24) is 5.32 Å². The van der Waals surface area contributed by atoms with Gasteiger partial charge in [-0.15, -0.1) is 11.3 Å². The SMILES string of the molecule is CCNC(c1ccccc1)C(C)S(=O)(=O)c1cccs1. The average molecular weight is 309 g/mol. The highest BCUT2D eigenvalue weighted by atomic mass is 32.2. The Morgan fingerprint density at radius 1 is 1.15 bits per heavy atom. The summed E-state index contributed by atoms with van der Waals surface area (Å²) in [6.07, 6.45) is 0. The Balaban J connectivity index is 2.35. The molecule has 0 radical (unpaired) electrons. The van der Waals surface area contributed by atoms with E-state index < -0.39 is 15.1 Å². The molecule has 0 amide bonds. The Hall–Kier alpha value is -1.17. The van der Waals surface area contributed by atoms with Crippen LogP contribution in [0.5, 0.6) is 0 Å². The first-order valence-electron chi connectivity index (χ1n) is 6.63. The lowest BCUT2D eigenvalue weighted by Gasteiger charge is -2.24. The van der Waals surface area contributed by atoms with Crippen LogP contribution >= 0.6 is 11.3 Å². The lowest BCUT2D eigenvalue weighted by atomic mass is 10.0. The molecule has 1 heterocycles. The molecule has 1 aromatic heterocycles. The van der Waals surface area contributed by atoms with E-state index in [1.807, 2.05) is 37.3 Å². The van der Waals surface area contributed by atoms with Crippen molar-refractivity contribution in [2.45, 2.75) is 29.3 Å². The molecular formula is C15H19NO2S2. The van der Waals surface area contributed by atoms with Gasteiger partial charge in [0.15, 0.2) is 9.84 Å². The van der Waals surface area contributed by atoms with E-state index >= 15 is 0 Å². The zero-order valence-electron chi connectivity index (χ0n) is 11.6. The van der Waals surface area contributed by atoms with Crippen LogP contribution in [0.1, 0.15) is 25.5 Å². The number of rotatable bonds is 6. The molecule has 0 aliphatic heterocycles. The third-order valence-corrected chi connectivity index (χ3v) is 6.91. The van der Waals surface area contributed by atoms with Gasteiger partial charge in [0.2, 0.25) is 0 Å². The van der Waals surface area contributed by atoms with Crippen LogP contribution in [0.25, 0.3) is 0 Å². The van der Waals surface area contributed by atoms with Crippen molar-refractivity contribution in [3.05, 3.63) is 53.4 Å². The topological polar surface area (TPSA) is 46.2 Å². The summed E-state index contributed by atoms with van der Waals surface area (Å²) in [4.78, 5) is 0. The Bertz CT molecular complexity index is 621. The van der Waals surface area contributed by atoms with E-state index in [-0.39, 0.29) is 6.04 Å². The van der Waals surface area contributed by atoms with E-state index in [4.69, 9.17) is 0 Å². The van der Waals surface area contributed by atoms with Crippen LogP contribution in [0.3, 0.4) is 0 Å². The fourth-order valence-electron chi connectivity index (χ4n) is 2.22. The average Bonchev–Trinajstić information content (AvgIpc) is 3.00. The van der Waals surface area contributed by atoms with Crippen molar-refractivity contribution in [2.75, 3.05) is 6.54 Å². The van der Waals surface area contributed by atoms with Crippen molar-refractivity contribution in [1.29, 1.82) is 0 Å². The van der Waals surface area contributed by atoms with Crippen LogP contribution in [0, 0.1) is 0 Å². The van der Waals surface area contributed by atoms with Crippen LogP contribution in [0.4, 0.5) is 0 Å². The normalized spacial score (nSPS) is 14.9. The highest BCUT2D eigenvalue weighted by molar-refractivity contribution is 7.94. The van der Waals surface area contributed by atoms with Gasteiger partial charge in [0.25, 0.3) is 0 Å². The predicted octanol–water partition coefficient (Wildman–Crippen LogP) is 3.26. The van der Waals surface area contributed by atoms with Crippen LogP contribution in [0.15, 0.2) is 52.1 Å². The van der Waals surface area contributed by atoms with E-state index in [1.165, 1.54) is 11.3 Å². The van der Waals surface area contributed by atoms with E-state index in [2.05, 4.69) is 5.32 Å². The summed E-state index contributed by atoms with van der Waals surface area (Å²) >= 11 is 1.27. The predicted molar refractivity (Wildman–Crippen MR) is 83.8 cm³/mol. The molecule has 20 heavy (non-hydrogen) atoms. The van der Waals surface area contributed by atoms with Gasteiger partial charge in [-0.2, -0.15) is 0 Å². The maximum Gasteiger partial charge on any atom is 0.192 e.